The third-order valence-corrected chi connectivity index (χ3v) is 10.8. The molecule has 1 atom stereocenters. The van der Waals surface area contributed by atoms with Crippen molar-refractivity contribution in [2.24, 2.45) is 0 Å². The summed E-state index contributed by atoms with van der Waals surface area (Å²) in [6, 6.07) is 9.25. The molecule has 0 aliphatic carbocycles. The van der Waals surface area contributed by atoms with Crippen LogP contribution in [0.15, 0.2) is 35.5 Å². The van der Waals surface area contributed by atoms with Gasteiger partial charge in [-0.3, -0.25) is 0 Å². The van der Waals surface area contributed by atoms with E-state index in [0.29, 0.717) is 6.61 Å². The molecule has 3 heteroatoms. The van der Waals surface area contributed by atoms with Gasteiger partial charge in [-0.15, -0.1) is 0 Å². The van der Waals surface area contributed by atoms with E-state index in [2.05, 4.69) is 85.4 Å². The fraction of sp³-hybridized carbons (Fsp3) is 0.440. The number of benzene rings is 2. The molecule has 0 amide bonds. The molecule has 148 valence electrons. The number of rotatable bonds is 2. The topological polar surface area (TPSA) is 18.5 Å². The Kier molecular flexibility index (Phi) is 4.49. The van der Waals surface area contributed by atoms with Crippen molar-refractivity contribution < 1.29 is 9.16 Å². The number of ether oxygens (including phenoxy) is 1. The Morgan fingerprint density at radius 1 is 0.786 bits per heavy atom. The van der Waals surface area contributed by atoms with Crippen LogP contribution >= 0.6 is 0 Å². The van der Waals surface area contributed by atoms with Crippen LogP contribution in [0.2, 0.25) is 0 Å². The molecule has 0 aromatic heterocycles. The molecule has 4 rings (SSSR count). The maximum atomic E-state index is 7.18. The number of hydrogen-bond acceptors (Lipinski definition) is 2. The molecule has 0 spiro atoms. The van der Waals surface area contributed by atoms with Gasteiger partial charge in [0.1, 0.15) is 0 Å². The Hall–Kier alpha value is -1.68. The normalized spacial score (nSPS) is 22.3. The lowest BCUT2D eigenvalue weighted by atomic mass is 10.00. The Labute approximate surface area is 170 Å². The fourth-order valence-corrected chi connectivity index (χ4v) is 10.6. The molecule has 1 fully saturated rings. The summed E-state index contributed by atoms with van der Waals surface area (Å²) >= 11 is 0. The molecule has 28 heavy (non-hydrogen) atoms. The van der Waals surface area contributed by atoms with Gasteiger partial charge in [0.25, 0.3) is 8.32 Å². The maximum Gasteiger partial charge on any atom is 0.282 e. The third kappa shape index (κ3) is 2.83. The van der Waals surface area contributed by atoms with Crippen LogP contribution in [0.25, 0.3) is 0 Å². The van der Waals surface area contributed by atoms with Crippen molar-refractivity contribution in [2.45, 2.75) is 67.1 Å². The average Bonchev–Trinajstić information content (AvgIpc) is 3.03. The Bertz CT molecular complexity index is 896. The van der Waals surface area contributed by atoms with E-state index >= 15 is 0 Å². The van der Waals surface area contributed by atoms with Gasteiger partial charge in [-0.2, -0.15) is 0 Å². The largest absolute Gasteiger partial charge is 0.395 e. The highest BCUT2D eigenvalue weighted by atomic mass is 28.4. The molecule has 2 nitrogen and oxygen atoms in total. The van der Waals surface area contributed by atoms with E-state index in [1.807, 2.05) is 0 Å². The zero-order chi connectivity index (χ0) is 20.4. The second-order valence-electron chi connectivity index (χ2n) is 9.39. The Morgan fingerprint density at radius 3 is 1.61 bits per heavy atom. The lowest BCUT2D eigenvalue weighted by Gasteiger charge is -2.36. The van der Waals surface area contributed by atoms with Crippen molar-refractivity contribution in [1.82, 2.24) is 0 Å². The zero-order valence-electron chi connectivity index (χ0n) is 18.5. The predicted molar refractivity (Wildman–Crippen MR) is 119 cm³/mol. The highest BCUT2D eigenvalue weighted by Gasteiger charge is 2.55. The smallest absolute Gasteiger partial charge is 0.282 e. The van der Waals surface area contributed by atoms with Gasteiger partial charge in [-0.1, -0.05) is 41.1 Å². The summed E-state index contributed by atoms with van der Waals surface area (Å²) in [6.45, 7) is 18.4. The average molecular weight is 393 g/mol. The van der Waals surface area contributed by atoms with Crippen molar-refractivity contribution >= 4 is 18.7 Å². The molecule has 2 aliphatic heterocycles. The molecule has 1 unspecified atom stereocenters. The minimum Gasteiger partial charge on any atom is -0.395 e. The van der Waals surface area contributed by atoms with Crippen molar-refractivity contribution in [1.29, 1.82) is 0 Å². The van der Waals surface area contributed by atoms with E-state index in [1.54, 1.807) is 0 Å². The highest BCUT2D eigenvalue weighted by Crippen LogP contribution is 2.40. The third-order valence-electron chi connectivity index (χ3n) is 6.37. The summed E-state index contributed by atoms with van der Waals surface area (Å²) in [6.07, 6.45) is 0.0411. The minimum atomic E-state index is -2.54. The van der Waals surface area contributed by atoms with Crippen LogP contribution in [0, 0.1) is 41.5 Å². The first-order chi connectivity index (χ1) is 13.0. The zero-order valence-corrected chi connectivity index (χ0v) is 19.5. The molecular formula is C25H32O2Si. The van der Waals surface area contributed by atoms with Gasteiger partial charge < -0.3 is 9.16 Å². The van der Waals surface area contributed by atoms with Gasteiger partial charge in [0.05, 0.1) is 18.3 Å². The van der Waals surface area contributed by atoms with Crippen LogP contribution in [0.1, 0.15) is 47.2 Å². The second kappa shape index (κ2) is 6.41. The highest BCUT2D eigenvalue weighted by molar-refractivity contribution is 7.02. The molecule has 2 aromatic rings. The molecule has 0 radical (unpaired) electrons. The van der Waals surface area contributed by atoms with Crippen LogP contribution in [0.4, 0.5) is 0 Å². The Morgan fingerprint density at radius 2 is 1.21 bits per heavy atom. The SMILES string of the molecule is Cc1cc(C)c([Si]2(c3c(C)cc(C)cc3C)C=C3COC(C)(C)C3O2)c(C)c1. The monoisotopic (exact) mass is 392 g/mol. The van der Waals surface area contributed by atoms with Crippen LogP contribution in [0.3, 0.4) is 0 Å². The van der Waals surface area contributed by atoms with Crippen LogP contribution in [0.5, 0.6) is 0 Å². The van der Waals surface area contributed by atoms with Gasteiger partial charge in [0, 0.05) is 0 Å². The summed E-state index contributed by atoms with van der Waals surface area (Å²) < 4.78 is 13.2. The van der Waals surface area contributed by atoms with Crippen molar-refractivity contribution in [3.63, 3.8) is 0 Å². The van der Waals surface area contributed by atoms with Crippen molar-refractivity contribution in [3.8, 4) is 0 Å². The molecule has 2 aromatic carbocycles. The molecule has 0 bridgehead atoms. The molecule has 2 heterocycles. The van der Waals surface area contributed by atoms with Crippen LogP contribution in [-0.2, 0) is 9.16 Å². The van der Waals surface area contributed by atoms with Gasteiger partial charge >= 0.3 is 0 Å². The number of fused-ring (bicyclic) bond motifs is 1. The predicted octanol–water partition coefficient (Wildman–Crippen LogP) is 4.27. The van der Waals surface area contributed by atoms with E-state index < -0.39 is 8.32 Å². The summed E-state index contributed by atoms with van der Waals surface area (Å²) in [7, 11) is -2.54. The van der Waals surface area contributed by atoms with Gasteiger partial charge in [0.15, 0.2) is 0 Å². The van der Waals surface area contributed by atoms with Crippen molar-refractivity contribution in [2.75, 3.05) is 6.61 Å². The standard InChI is InChI=1S/C25H32O2Si/c1-15-9-17(3)22(18(4)10-15)28(23-19(5)11-16(2)12-20(23)6)14-21-13-26-25(7,8)24(21)27-28/h9-12,14,24H,13H2,1-8H3. The summed E-state index contributed by atoms with van der Waals surface area (Å²) in [5.41, 5.74) is 11.6. The molecular weight excluding hydrogens is 360 g/mol. The number of aryl methyl sites for hydroxylation is 6. The lowest BCUT2D eigenvalue weighted by Crippen LogP contribution is -2.63. The first-order valence-electron chi connectivity index (χ1n) is 10.3. The molecule has 0 N–H and O–H groups in total. The van der Waals surface area contributed by atoms with Gasteiger partial charge in [0.2, 0.25) is 0 Å². The van der Waals surface area contributed by atoms with E-state index in [-0.39, 0.29) is 11.7 Å². The van der Waals surface area contributed by atoms with Crippen LogP contribution < -0.4 is 10.4 Å². The van der Waals surface area contributed by atoms with E-state index in [4.69, 9.17) is 9.16 Å². The van der Waals surface area contributed by atoms with E-state index in [1.165, 1.54) is 49.3 Å². The quantitative estimate of drug-likeness (QED) is 0.711. The maximum absolute atomic E-state index is 7.18. The van der Waals surface area contributed by atoms with E-state index in [9.17, 15) is 0 Å². The Balaban J connectivity index is 2.05. The number of hydrogen-bond donors (Lipinski definition) is 0. The summed E-state index contributed by atoms with van der Waals surface area (Å²) in [5.74, 6) is 0. The van der Waals surface area contributed by atoms with Crippen LogP contribution in [-0.4, -0.2) is 26.6 Å². The second-order valence-corrected chi connectivity index (χ2v) is 12.4. The fourth-order valence-electron chi connectivity index (χ4n) is 5.60. The molecule has 1 saturated heterocycles. The molecule has 2 aliphatic rings. The van der Waals surface area contributed by atoms with Crippen molar-refractivity contribution in [3.05, 3.63) is 68.9 Å². The lowest BCUT2D eigenvalue weighted by molar-refractivity contribution is -0.0185. The summed E-state index contributed by atoms with van der Waals surface area (Å²) in [5, 5.41) is 2.84. The minimum absolute atomic E-state index is 0.0411. The molecule has 0 saturated carbocycles. The first kappa shape index (κ1) is 19.6. The van der Waals surface area contributed by atoms with Gasteiger partial charge in [-0.25, -0.2) is 0 Å². The van der Waals surface area contributed by atoms with E-state index in [0.717, 1.165) is 0 Å². The summed E-state index contributed by atoms with van der Waals surface area (Å²) in [4.78, 5) is 0. The first-order valence-corrected chi connectivity index (χ1v) is 12.2. The van der Waals surface area contributed by atoms with Gasteiger partial charge in [-0.05, 0) is 93.6 Å².